The zero-order valence-corrected chi connectivity index (χ0v) is 8.24. The maximum atomic E-state index is 9.57. The molecule has 1 aromatic heterocycles. The second-order valence-electron chi connectivity index (χ2n) is 3.83. The van der Waals surface area contributed by atoms with Gasteiger partial charge in [-0.05, 0) is 37.3 Å². The lowest BCUT2D eigenvalue weighted by atomic mass is 9.94. The third-order valence-corrected chi connectivity index (χ3v) is 2.80. The smallest absolute Gasteiger partial charge is 0.0927 e. The third-order valence-electron chi connectivity index (χ3n) is 2.80. The summed E-state index contributed by atoms with van der Waals surface area (Å²) in [6, 6.07) is 2.05. The van der Waals surface area contributed by atoms with Gasteiger partial charge in [-0.1, -0.05) is 0 Å². The molecular weight excluding hydrogens is 176 g/mol. The van der Waals surface area contributed by atoms with Crippen molar-refractivity contribution in [3.05, 3.63) is 29.1 Å². The van der Waals surface area contributed by atoms with E-state index in [1.54, 1.807) is 6.20 Å². The van der Waals surface area contributed by atoms with Gasteiger partial charge in [0.05, 0.1) is 6.10 Å². The number of hydrogen-bond acceptors (Lipinski definition) is 3. The van der Waals surface area contributed by atoms with E-state index in [0.717, 1.165) is 18.4 Å². The van der Waals surface area contributed by atoms with E-state index in [0.29, 0.717) is 0 Å². The number of aliphatic hydroxyl groups excluding tert-OH is 1. The average molecular weight is 192 g/mol. The van der Waals surface area contributed by atoms with Crippen molar-refractivity contribution in [2.45, 2.75) is 31.8 Å². The molecular formula is C11H16N2O. The van der Waals surface area contributed by atoms with Gasteiger partial charge in [-0.15, -0.1) is 0 Å². The highest BCUT2D eigenvalue weighted by atomic mass is 16.3. The summed E-state index contributed by atoms with van der Waals surface area (Å²) in [5.41, 5.74) is 8.75. The van der Waals surface area contributed by atoms with Crippen molar-refractivity contribution < 1.29 is 5.11 Å². The molecule has 0 bridgehead atoms. The number of aromatic nitrogens is 1. The first-order valence-electron chi connectivity index (χ1n) is 5.17. The van der Waals surface area contributed by atoms with Gasteiger partial charge in [0.2, 0.25) is 0 Å². The van der Waals surface area contributed by atoms with Crippen LogP contribution in [0.25, 0.3) is 0 Å². The molecule has 0 saturated heterocycles. The van der Waals surface area contributed by atoms with Gasteiger partial charge in [-0.25, -0.2) is 0 Å². The van der Waals surface area contributed by atoms with Crippen LogP contribution in [0.2, 0.25) is 0 Å². The highest BCUT2D eigenvalue weighted by Gasteiger charge is 2.13. The highest BCUT2D eigenvalue weighted by molar-refractivity contribution is 5.28. The molecule has 3 N–H and O–H groups in total. The molecule has 0 saturated carbocycles. The summed E-state index contributed by atoms with van der Waals surface area (Å²) in [5, 5.41) is 9.57. The van der Waals surface area contributed by atoms with Crippen LogP contribution in [0.5, 0.6) is 0 Å². The van der Waals surface area contributed by atoms with Crippen LogP contribution in [-0.2, 0) is 12.8 Å². The van der Waals surface area contributed by atoms with Crippen LogP contribution in [0.1, 0.15) is 35.8 Å². The molecule has 0 fully saturated rings. The largest absolute Gasteiger partial charge is 0.387 e. The van der Waals surface area contributed by atoms with Gasteiger partial charge in [0, 0.05) is 24.0 Å². The summed E-state index contributed by atoms with van der Waals surface area (Å²) >= 11 is 0. The van der Waals surface area contributed by atoms with Crippen LogP contribution in [0.3, 0.4) is 0 Å². The molecule has 76 valence electrons. The maximum absolute atomic E-state index is 9.57. The lowest BCUT2D eigenvalue weighted by Crippen LogP contribution is -2.14. The van der Waals surface area contributed by atoms with E-state index in [-0.39, 0.29) is 6.54 Å². The number of aliphatic hydroxyl groups is 1. The standard InChI is InChI=1S/C11H16N2O/c12-6-11(14)9-5-8-3-1-2-4-10(8)13-7-9/h5,7,11,14H,1-4,6,12H2. The fourth-order valence-electron chi connectivity index (χ4n) is 1.92. The van der Waals surface area contributed by atoms with E-state index >= 15 is 0 Å². The summed E-state index contributed by atoms with van der Waals surface area (Å²) < 4.78 is 0. The molecule has 0 radical (unpaired) electrons. The predicted molar refractivity (Wildman–Crippen MR) is 54.9 cm³/mol. The molecule has 1 unspecified atom stereocenters. The van der Waals surface area contributed by atoms with Gasteiger partial charge in [0.25, 0.3) is 0 Å². The Morgan fingerprint density at radius 1 is 1.43 bits per heavy atom. The molecule has 1 aliphatic carbocycles. The van der Waals surface area contributed by atoms with Crippen LogP contribution in [-0.4, -0.2) is 16.6 Å². The van der Waals surface area contributed by atoms with E-state index in [2.05, 4.69) is 11.1 Å². The summed E-state index contributed by atoms with van der Waals surface area (Å²) in [5.74, 6) is 0. The predicted octanol–water partition coefficient (Wildman–Crippen LogP) is 0.953. The Morgan fingerprint density at radius 2 is 2.21 bits per heavy atom. The van der Waals surface area contributed by atoms with Gasteiger partial charge in [0.1, 0.15) is 0 Å². The lowest BCUT2D eigenvalue weighted by molar-refractivity contribution is 0.186. The fraction of sp³-hybridized carbons (Fsp3) is 0.545. The van der Waals surface area contributed by atoms with E-state index in [4.69, 9.17) is 5.73 Å². The topological polar surface area (TPSA) is 59.1 Å². The van der Waals surface area contributed by atoms with Crippen molar-refractivity contribution in [2.75, 3.05) is 6.54 Å². The highest BCUT2D eigenvalue weighted by Crippen LogP contribution is 2.22. The summed E-state index contributed by atoms with van der Waals surface area (Å²) in [6.45, 7) is 0.264. The second kappa shape index (κ2) is 4.07. The first kappa shape index (κ1) is 9.62. The molecule has 0 aromatic carbocycles. The number of nitrogens with two attached hydrogens (primary N) is 1. The number of nitrogens with zero attached hydrogens (tertiary/aromatic N) is 1. The SMILES string of the molecule is NCC(O)c1cnc2c(c1)CCCC2. The Bertz CT molecular complexity index is 325. The quantitative estimate of drug-likeness (QED) is 0.733. The molecule has 1 aliphatic rings. The minimum absolute atomic E-state index is 0.264. The van der Waals surface area contributed by atoms with Crippen molar-refractivity contribution in [1.29, 1.82) is 0 Å². The maximum Gasteiger partial charge on any atom is 0.0927 e. The zero-order valence-electron chi connectivity index (χ0n) is 8.24. The normalized spacial score (nSPS) is 17.6. The Labute approximate surface area is 84.0 Å². The van der Waals surface area contributed by atoms with Crippen molar-refractivity contribution in [1.82, 2.24) is 4.98 Å². The van der Waals surface area contributed by atoms with Gasteiger partial charge in [-0.2, -0.15) is 0 Å². The molecule has 0 amide bonds. The third kappa shape index (κ3) is 1.79. The molecule has 0 aliphatic heterocycles. The van der Waals surface area contributed by atoms with Crippen LogP contribution < -0.4 is 5.73 Å². The second-order valence-corrected chi connectivity index (χ2v) is 3.83. The number of pyridine rings is 1. The summed E-state index contributed by atoms with van der Waals surface area (Å²) in [6.07, 6.45) is 5.83. The van der Waals surface area contributed by atoms with Crippen molar-refractivity contribution in [3.8, 4) is 0 Å². The fourth-order valence-corrected chi connectivity index (χ4v) is 1.92. The van der Waals surface area contributed by atoms with Gasteiger partial charge in [0.15, 0.2) is 0 Å². The molecule has 2 rings (SSSR count). The van der Waals surface area contributed by atoms with E-state index < -0.39 is 6.10 Å². The van der Waals surface area contributed by atoms with Crippen LogP contribution in [0, 0.1) is 0 Å². The number of hydrogen-bond donors (Lipinski definition) is 2. The Kier molecular flexibility index (Phi) is 2.79. The average Bonchev–Trinajstić information content (AvgIpc) is 2.27. The minimum Gasteiger partial charge on any atom is -0.387 e. The molecule has 1 aromatic rings. The zero-order chi connectivity index (χ0) is 9.97. The van der Waals surface area contributed by atoms with Crippen LogP contribution in [0.4, 0.5) is 0 Å². The van der Waals surface area contributed by atoms with E-state index in [1.807, 2.05) is 0 Å². The molecule has 3 nitrogen and oxygen atoms in total. The Balaban J connectivity index is 2.29. The van der Waals surface area contributed by atoms with Crippen molar-refractivity contribution >= 4 is 0 Å². The first-order valence-corrected chi connectivity index (χ1v) is 5.17. The van der Waals surface area contributed by atoms with Gasteiger partial charge >= 0.3 is 0 Å². The molecule has 0 spiro atoms. The summed E-state index contributed by atoms with van der Waals surface area (Å²) in [7, 11) is 0. The lowest BCUT2D eigenvalue weighted by Gasteiger charge is -2.16. The number of fused-ring (bicyclic) bond motifs is 1. The minimum atomic E-state index is -0.560. The molecule has 1 heterocycles. The van der Waals surface area contributed by atoms with Gasteiger partial charge < -0.3 is 10.8 Å². The number of aryl methyl sites for hydroxylation is 2. The van der Waals surface area contributed by atoms with Crippen LogP contribution in [0.15, 0.2) is 12.3 Å². The molecule has 1 atom stereocenters. The Morgan fingerprint density at radius 3 is 3.00 bits per heavy atom. The van der Waals surface area contributed by atoms with Crippen LogP contribution >= 0.6 is 0 Å². The van der Waals surface area contributed by atoms with Gasteiger partial charge in [-0.3, -0.25) is 4.98 Å². The molecule has 3 heteroatoms. The van der Waals surface area contributed by atoms with Crippen molar-refractivity contribution in [3.63, 3.8) is 0 Å². The van der Waals surface area contributed by atoms with E-state index in [1.165, 1.54) is 24.1 Å². The van der Waals surface area contributed by atoms with Crippen molar-refractivity contribution in [2.24, 2.45) is 5.73 Å². The Hall–Kier alpha value is -0.930. The summed E-state index contributed by atoms with van der Waals surface area (Å²) in [4.78, 5) is 4.37. The monoisotopic (exact) mass is 192 g/mol. The molecule has 14 heavy (non-hydrogen) atoms. The first-order chi connectivity index (χ1) is 6.81. The van der Waals surface area contributed by atoms with E-state index in [9.17, 15) is 5.11 Å². The number of rotatable bonds is 2.